The fourth-order valence-electron chi connectivity index (χ4n) is 3.62. The number of hydrogen-bond donors (Lipinski definition) is 1. The first-order chi connectivity index (χ1) is 14.0. The number of rotatable bonds is 4. The second-order valence-electron chi connectivity index (χ2n) is 7.13. The summed E-state index contributed by atoms with van der Waals surface area (Å²) in [5.74, 6) is -0.463. The number of nitrogens with zero attached hydrogens (tertiary/aromatic N) is 2. The van der Waals surface area contributed by atoms with Gasteiger partial charge in [-0.15, -0.1) is 0 Å². The molecule has 2 heterocycles. The van der Waals surface area contributed by atoms with Gasteiger partial charge in [-0.3, -0.25) is 4.57 Å². The third kappa shape index (κ3) is 3.90. The van der Waals surface area contributed by atoms with Crippen molar-refractivity contribution in [2.45, 2.75) is 30.7 Å². The SMILES string of the molecule is O=C(NCc1ccc(S(=O)(=O)N2CCCCC2)cc1)n1ccc2cccc(F)c21. The van der Waals surface area contributed by atoms with Crippen LogP contribution in [0.2, 0.25) is 0 Å². The van der Waals surface area contributed by atoms with Crippen molar-refractivity contribution in [1.29, 1.82) is 0 Å². The second kappa shape index (κ2) is 7.96. The largest absolute Gasteiger partial charge is 0.333 e. The van der Waals surface area contributed by atoms with E-state index in [1.165, 1.54) is 21.1 Å². The molecule has 1 amide bonds. The standard InChI is InChI=1S/C21H22FN3O3S/c22-19-6-4-5-17-11-14-25(20(17)19)21(26)23-15-16-7-9-18(10-8-16)29(27,28)24-12-2-1-3-13-24/h4-11,14H,1-3,12-13,15H2,(H,23,26). The van der Waals surface area contributed by atoms with Gasteiger partial charge in [0.15, 0.2) is 0 Å². The van der Waals surface area contributed by atoms with Crippen LogP contribution in [0.4, 0.5) is 9.18 Å². The highest BCUT2D eigenvalue weighted by Crippen LogP contribution is 2.21. The highest BCUT2D eigenvalue weighted by atomic mass is 32.2. The van der Waals surface area contributed by atoms with Crippen LogP contribution in [0.15, 0.2) is 59.6 Å². The minimum Gasteiger partial charge on any atom is -0.333 e. The number of para-hydroxylation sites is 1. The van der Waals surface area contributed by atoms with Gasteiger partial charge >= 0.3 is 6.03 Å². The van der Waals surface area contributed by atoms with Crippen LogP contribution in [0.5, 0.6) is 0 Å². The summed E-state index contributed by atoms with van der Waals surface area (Å²) >= 11 is 0. The number of carbonyl (C=O) groups is 1. The Morgan fingerprint density at radius 2 is 1.72 bits per heavy atom. The van der Waals surface area contributed by atoms with E-state index in [0.717, 1.165) is 24.8 Å². The number of aromatic nitrogens is 1. The lowest BCUT2D eigenvalue weighted by molar-refractivity contribution is 0.242. The highest BCUT2D eigenvalue weighted by Gasteiger charge is 2.25. The van der Waals surface area contributed by atoms with Crippen LogP contribution >= 0.6 is 0 Å². The van der Waals surface area contributed by atoms with Gasteiger partial charge in [0.25, 0.3) is 0 Å². The number of amides is 1. The molecule has 1 N–H and O–H groups in total. The van der Waals surface area contributed by atoms with E-state index in [4.69, 9.17) is 0 Å². The molecule has 2 aromatic carbocycles. The van der Waals surface area contributed by atoms with Gasteiger partial charge in [-0.25, -0.2) is 17.6 Å². The summed E-state index contributed by atoms with van der Waals surface area (Å²) in [6.07, 6.45) is 4.36. The molecule has 0 bridgehead atoms. The van der Waals surface area contributed by atoms with Crippen LogP contribution in [0.3, 0.4) is 0 Å². The normalized spacial score (nSPS) is 15.5. The van der Waals surface area contributed by atoms with Gasteiger partial charge in [0.05, 0.1) is 10.4 Å². The second-order valence-corrected chi connectivity index (χ2v) is 9.07. The molecule has 0 saturated carbocycles. The molecule has 0 atom stereocenters. The molecule has 1 aliphatic heterocycles. The minimum atomic E-state index is -3.47. The summed E-state index contributed by atoms with van der Waals surface area (Å²) in [6.45, 7) is 1.32. The average molecular weight is 415 g/mol. The van der Waals surface area contributed by atoms with E-state index in [2.05, 4.69) is 5.32 Å². The van der Waals surface area contributed by atoms with E-state index in [-0.39, 0.29) is 17.0 Å². The lowest BCUT2D eigenvalue weighted by Crippen LogP contribution is -2.35. The van der Waals surface area contributed by atoms with E-state index < -0.39 is 21.9 Å². The van der Waals surface area contributed by atoms with Gasteiger partial charge in [-0.2, -0.15) is 4.31 Å². The van der Waals surface area contributed by atoms with Gasteiger partial charge in [-0.1, -0.05) is 30.7 Å². The summed E-state index contributed by atoms with van der Waals surface area (Å²) in [4.78, 5) is 12.7. The summed E-state index contributed by atoms with van der Waals surface area (Å²) in [5, 5.41) is 3.39. The third-order valence-electron chi connectivity index (χ3n) is 5.20. The molecule has 0 spiro atoms. The Bertz CT molecular complexity index is 1130. The molecule has 29 heavy (non-hydrogen) atoms. The number of hydrogen-bond acceptors (Lipinski definition) is 3. The van der Waals surface area contributed by atoms with E-state index in [9.17, 15) is 17.6 Å². The first-order valence-electron chi connectivity index (χ1n) is 9.60. The first kappa shape index (κ1) is 19.6. The quantitative estimate of drug-likeness (QED) is 0.706. The molecule has 1 saturated heterocycles. The van der Waals surface area contributed by atoms with E-state index in [1.54, 1.807) is 42.5 Å². The maximum atomic E-state index is 14.1. The monoisotopic (exact) mass is 415 g/mol. The lowest BCUT2D eigenvalue weighted by Gasteiger charge is -2.25. The van der Waals surface area contributed by atoms with Gasteiger partial charge in [0, 0.05) is 31.2 Å². The Kier molecular flexibility index (Phi) is 5.38. The van der Waals surface area contributed by atoms with Crippen molar-refractivity contribution in [3.63, 3.8) is 0 Å². The van der Waals surface area contributed by atoms with Gasteiger partial charge in [0.1, 0.15) is 5.82 Å². The maximum absolute atomic E-state index is 14.1. The van der Waals surface area contributed by atoms with Crippen molar-refractivity contribution >= 4 is 27.0 Å². The van der Waals surface area contributed by atoms with Crippen LogP contribution in [0.1, 0.15) is 24.8 Å². The van der Waals surface area contributed by atoms with Crippen LogP contribution < -0.4 is 5.32 Å². The summed E-state index contributed by atoms with van der Waals surface area (Å²) in [7, 11) is -3.47. The fraction of sp³-hybridized carbons (Fsp3) is 0.286. The molecule has 1 aromatic heterocycles. The lowest BCUT2D eigenvalue weighted by atomic mass is 10.2. The zero-order valence-corrected chi connectivity index (χ0v) is 16.7. The third-order valence-corrected chi connectivity index (χ3v) is 7.11. The Morgan fingerprint density at radius 1 is 1.00 bits per heavy atom. The first-order valence-corrected chi connectivity index (χ1v) is 11.0. The topological polar surface area (TPSA) is 71.4 Å². The van der Waals surface area contributed by atoms with Crippen molar-refractivity contribution in [2.24, 2.45) is 0 Å². The van der Waals surface area contributed by atoms with Crippen molar-refractivity contribution in [2.75, 3.05) is 13.1 Å². The predicted molar refractivity (Wildman–Crippen MR) is 109 cm³/mol. The summed E-state index contributed by atoms with van der Waals surface area (Å²) in [5.41, 5.74) is 0.987. The number of fused-ring (bicyclic) bond motifs is 1. The fourth-order valence-corrected chi connectivity index (χ4v) is 5.13. The number of halogens is 1. The van der Waals surface area contributed by atoms with Crippen molar-refractivity contribution in [3.05, 3.63) is 66.1 Å². The highest BCUT2D eigenvalue weighted by molar-refractivity contribution is 7.89. The number of benzene rings is 2. The molecule has 8 heteroatoms. The van der Waals surface area contributed by atoms with Crippen LogP contribution in [0, 0.1) is 5.82 Å². The molecule has 6 nitrogen and oxygen atoms in total. The molecule has 152 valence electrons. The number of piperidine rings is 1. The molecule has 1 aliphatic rings. The summed E-state index contributed by atoms with van der Waals surface area (Å²) < 4.78 is 42.2. The van der Waals surface area contributed by atoms with E-state index in [1.807, 2.05) is 0 Å². The van der Waals surface area contributed by atoms with E-state index in [0.29, 0.717) is 18.5 Å². The smallest absolute Gasteiger partial charge is 0.326 e. The summed E-state index contributed by atoms with van der Waals surface area (Å²) in [6, 6.07) is 12.4. The zero-order chi connectivity index (χ0) is 20.4. The van der Waals surface area contributed by atoms with E-state index >= 15 is 0 Å². The molecule has 0 unspecified atom stereocenters. The molecule has 1 fully saturated rings. The maximum Gasteiger partial charge on any atom is 0.326 e. The van der Waals surface area contributed by atoms with Crippen LogP contribution in [0.25, 0.3) is 10.9 Å². The van der Waals surface area contributed by atoms with Gasteiger partial charge in [0.2, 0.25) is 10.0 Å². The molecule has 4 rings (SSSR count). The van der Waals surface area contributed by atoms with Crippen molar-refractivity contribution in [3.8, 4) is 0 Å². The Hall–Kier alpha value is -2.71. The molecule has 0 aliphatic carbocycles. The molecule has 3 aromatic rings. The van der Waals surface area contributed by atoms with Crippen molar-refractivity contribution in [1.82, 2.24) is 14.2 Å². The Balaban J connectivity index is 1.44. The number of sulfonamides is 1. The number of carbonyl (C=O) groups excluding carboxylic acids is 1. The average Bonchev–Trinajstić information content (AvgIpc) is 3.19. The van der Waals surface area contributed by atoms with Gasteiger partial charge in [-0.05, 0) is 42.7 Å². The van der Waals surface area contributed by atoms with Crippen LogP contribution in [-0.2, 0) is 16.6 Å². The molecular weight excluding hydrogens is 393 g/mol. The van der Waals surface area contributed by atoms with Gasteiger partial charge < -0.3 is 5.32 Å². The van der Waals surface area contributed by atoms with Crippen molar-refractivity contribution < 1.29 is 17.6 Å². The molecular formula is C21H22FN3O3S. The van der Waals surface area contributed by atoms with Crippen LogP contribution in [-0.4, -0.2) is 36.4 Å². The number of nitrogens with one attached hydrogen (secondary N) is 1. The Labute approximate surface area is 169 Å². The zero-order valence-electron chi connectivity index (χ0n) is 15.8. The predicted octanol–water partition coefficient (Wildman–Crippen LogP) is 3.71. The minimum absolute atomic E-state index is 0.205. The molecule has 0 radical (unpaired) electrons. The Morgan fingerprint density at radius 3 is 2.45 bits per heavy atom.